The molecule has 0 saturated heterocycles. The van der Waals surface area contributed by atoms with Gasteiger partial charge in [0.1, 0.15) is 5.56 Å². The molecule has 0 aliphatic rings. The predicted octanol–water partition coefficient (Wildman–Crippen LogP) is 4.59. The number of nitrogens with zero attached hydrogens (tertiary/aromatic N) is 2. The van der Waals surface area contributed by atoms with Crippen LogP contribution in [0.5, 0.6) is 5.88 Å². The number of hydrogen-bond acceptors (Lipinski definition) is 4. The van der Waals surface area contributed by atoms with Gasteiger partial charge in [-0.15, -0.1) is 0 Å². The van der Waals surface area contributed by atoms with E-state index in [1.807, 2.05) is 38.1 Å². The number of aromatic nitrogens is 2. The highest BCUT2D eigenvalue weighted by Crippen LogP contribution is 2.35. The van der Waals surface area contributed by atoms with Crippen LogP contribution in [0.15, 0.2) is 30.5 Å². The maximum Gasteiger partial charge on any atom is 0.423 e. The molecule has 0 fully saturated rings. The van der Waals surface area contributed by atoms with E-state index in [2.05, 4.69) is 15.3 Å². The molecule has 1 aromatic heterocycles. The van der Waals surface area contributed by atoms with Gasteiger partial charge in [0.15, 0.2) is 0 Å². The molecule has 0 saturated carbocycles. The summed E-state index contributed by atoms with van der Waals surface area (Å²) in [4.78, 5) is 7.58. The first-order valence-electron chi connectivity index (χ1n) is 7.37. The molecular formula is C16H18F3N3O. The lowest BCUT2D eigenvalue weighted by Crippen LogP contribution is -2.12. The SMILES string of the molecule is CCCOc1nc(Nc2ccc(CC)cc2)ncc1C(F)(F)F. The molecule has 0 aliphatic heterocycles. The zero-order valence-corrected chi connectivity index (χ0v) is 12.9. The number of ether oxygens (including phenoxy) is 1. The Morgan fingerprint density at radius 1 is 1.13 bits per heavy atom. The van der Waals surface area contributed by atoms with Crippen molar-refractivity contribution in [2.24, 2.45) is 0 Å². The van der Waals surface area contributed by atoms with Gasteiger partial charge in [-0.2, -0.15) is 18.2 Å². The van der Waals surface area contributed by atoms with Gasteiger partial charge in [0, 0.05) is 11.9 Å². The third-order valence-corrected chi connectivity index (χ3v) is 3.12. The summed E-state index contributed by atoms with van der Waals surface area (Å²) < 4.78 is 43.9. The normalized spacial score (nSPS) is 11.3. The highest BCUT2D eigenvalue weighted by Gasteiger charge is 2.36. The smallest absolute Gasteiger partial charge is 0.423 e. The van der Waals surface area contributed by atoms with Gasteiger partial charge in [-0.1, -0.05) is 26.0 Å². The largest absolute Gasteiger partial charge is 0.477 e. The second kappa shape index (κ2) is 7.30. The van der Waals surface area contributed by atoms with Crippen LogP contribution in [0.25, 0.3) is 0 Å². The summed E-state index contributed by atoms with van der Waals surface area (Å²) in [6.45, 7) is 4.01. The van der Waals surface area contributed by atoms with Crippen LogP contribution in [0.2, 0.25) is 0 Å². The summed E-state index contributed by atoms with van der Waals surface area (Å²) in [5, 5.41) is 2.88. The monoisotopic (exact) mass is 325 g/mol. The maximum absolute atomic E-state index is 12.9. The van der Waals surface area contributed by atoms with Crippen molar-refractivity contribution in [3.63, 3.8) is 0 Å². The van der Waals surface area contributed by atoms with Crippen LogP contribution in [0.1, 0.15) is 31.4 Å². The zero-order valence-electron chi connectivity index (χ0n) is 12.9. The van der Waals surface area contributed by atoms with Crippen LogP contribution in [0.4, 0.5) is 24.8 Å². The minimum atomic E-state index is -4.55. The highest BCUT2D eigenvalue weighted by atomic mass is 19.4. The van der Waals surface area contributed by atoms with Crippen LogP contribution >= 0.6 is 0 Å². The van der Waals surface area contributed by atoms with Crippen molar-refractivity contribution in [3.05, 3.63) is 41.6 Å². The van der Waals surface area contributed by atoms with Crippen molar-refractivity contribution in [3.8, 4) is 5.88 Å². The number of nitrogens with one attached hydrogen (secondary N) is 1. The minimum absolute atomic E-state index is 0.0633. The number of alkyl halides is 3. The topological polar surface area (TPSA) is 47.0 Å². The van der Waals surface area contributed by atoms with Crippen molar-refractivity contribution in [2.75, 3.05) is 11.9 Å². The molecule has 1 heterocycles. The lowest BCUT2D eigenvalue weighted by molar-refractivity contribution is -0.139. The van der Waals surface area contributed by atoms with Crippen LogP contribution in [-0.4, -0.2) is 16.6 Å². The molecular weight excluding hydrogens is 307 g/mol. The predicted molar refractivity (Wildman–Crippen MR) is 81.9 cm³/mol. The summed E-state index contributed by atoms with van der Waals surface area (Å²) in [6.07, 6.45) is -2.32. The van der Waals surface area contributed by atoms with Crippen LogP contribution in [0, 0.1) is 0 Å². The molecule has 7 heteroatoms. The van der Waals surface area contributed by atoms with E-state index in [1.54, 1.807) is 0 Å². The summed E-state index contributed by atoms with van der Waals surface area (Å²) >= 11 is 0. The lowest BCUT2D eigenvalue weighted by atomic mass is 10.1. The molecule has 0 aliphatic carbocycles. The quantitative estimate of drug-likeness (QED) is 0.844. The van der Waals surface area contributed by atoms with Crippen molar-refractivity contribution >= 4 is 11.6 Å². The Morgan fingerprint density at radius 2 is 1.83 bits per heavy atom. The first kappa shape index (κ1) is 17.1. The van der Waals surface area contributed by atoms with E-state index in [1.165, 1.54) is 0 Å². The van der Waals surface area contributed by atoms with Crippen molar-refractivity contribution in [2.45, 2.75) is 32.9 Å². The fourth-order valence-electron chi connectivity index (χ4n) is 1.88. The molecule has 4 nitrogen and oxygen atoms in total. The van der Waals surface area contributed by atoms with Gasteiger partial charge in [-0.05, 0) is 30.5 Å². The van der Waals surface area contributed by atoms with Gasteiger partial charge in [-0.3, -0.25) is 0 Å². The summed E-state index contributed by atoms with van der Waals surface area (Å²) in [7, 11) is 0. The Balaban J connectivity index is 2.24. The summed E-state index contributed by atoms with van der Waals surface area (Å²) in [5.41, 5.74) is 0.886. The Morgan fingerprint density at radius 3 is 2.39 bits per heavy atom. The third kappa shape index (κ3) is 4.58. The molecule has 0 spiro atoms. The van der Waals surface area contributed by atoms with Gasteiger partial charge in [-0.25, -0.2) is 4.98 Å². The molecule has 2 aromatic rings. The molecule has 2 rings (SSSR count). The lowest BCUT2D eigenvalue weighted by Gasteiger charge is -2.13. The molecule has 0 unspecified atom stereocenters. The summed E-state index contributed by atoms with van der Waals surface area (Å²) in [5.74, 6) is -0.393. The van der Waals surface area contributed by atoms with E-state index < -0.39 is 17.6 Å². The number of benzene rings is 1. The van der Waals surface area contributed by atoms with E-state index in [9.17, 15) is 13.2 Å². The number of rotatable bonds is 6. The standard InChI is InChI=1S/C16H18F3N3O/c1-3-9-23-14-13(16(17,18)19)10-20-15(22-14)21-12-7-5-11(4-2)6-8-12/h5-8,10H,3-4,9H2,1-2H3,(H,20,21,22). The molecule has 124 valence electrons. The first-order chi connectivity index (χ1) is 10.9. The zero-order chi connectivity index (χ0) is 16.9. The molecule has 1 aromatic carbocycles. The van der Waals surface area contributed by atoms with Crippen LogP contribution in [-0.2, 0) is 12.6 Å². The molecule has 1 N–H and O–H groups in total. The molecule has 0 atom stereocenters. The fraction of sp³-hybridized carbons (Fsp3) is 0.375. The second-order valence-electron chi connectivity index (χ2n) is 4.93. The van der Waals surface area contributed by atoms with Crippen LogP contribution < -0.4 is 10.1 Å². The number of halogens is 3. The number of hydrogen-bond donors (Lipinski definition) is 1. The molecule has 0 radical (unpaired) electrons. The maximum atomic E-state index is 12.9. The second-order valence-corrected chi connectivity index (χ2v) is 4.93. The van der Waals surface area contributed by atoms with Crippen molar-refractivity contribution < 1.29 is 17.9 Å². The Hall–Kier alpha value is -2.31. The minimum Gasteiger partial charge on any atom is -0.477 e. The Kier molecular flexibility index (Phi) is 5.41. The molecule has 0 bridgehead atoms. The first-order valence-corrected chi connectivity index (χ1v) is 7.37. The van der Waals surface area contributed by atoms with Gasteiger partial charge in [0.05, 0.1) is 6.61 Å². The fourth-order valence-corrected chi connectivity index (χ4v) is 1.88. The Labute approximate surface area is 132 Å². The van der Waals surface area contributed by atoms with Crippen molar-refractivity contribution in [1.82, 2.24) is 9.97 Å². The molecule has 23 heavy (non-hydrogen) atoms. The van der Waals surface area contributed by atoms with E-state index in [4.69, 9.17) is 4.74 Å². The Bertz CT molecular complexity index is 642. The van der Waals surface area contributed by atoms with Crippen LogP contribution in [0.3, 0.4) is 0 Å². The van der Waals surface area contributed by atoms with Gasteiger partial charge < -0.3 is 10.1 Å². The third-order valence-electron chi connectivity index (χ3n) is 3.12. The number of aryl methyl sites for hydroxylation is 1. The van der Waals surface area contributed by atoms with E-state index in [0.717, 1.165) is 18.2 Å². The average Bonchev–Trinajstić information content (AvgIpc) is 2.52. The highest BCUT2D eigenvalue weighted by molar-refractivity contribution is 5.54. The van der Waals surface area contributed by atoms with E-state index in [0.29, 0.717) is 12.1 Å². The van der Waals surface area contributed by atoms with Gasteiger partial charge >= 0.3 is 6.18 Å². The molecule has 0 amide bonds. The van der Waals surface area contributed by atoms with E-state index in [-0.39, 0.29) is 12.6 Å². The van der Waals surface area contributed by atoms with Gasteiger partial charge in [0.25, 0.3) is 0 Å². The van der Waals surface area contributed by atoms with E-state index >= 15 is 0 Å². The number of anilines is 2. The van der Waals surface area contributed by atoms with Crippen molar-refractivity contribution in [1.29, 1.82) is 0 Å². The summed E-state index contributed by atoms with van der Waals surface area (Å²) in [6, 6.07) is 7.51. The van der Waals surface area contributed by atoms with Gasteiger partial charge in [0.2, 0.25) is 11.8 Å². The average molecular weight is 325 g/mol.